The van der Waals surface area contributed by atoms with Crippen molar-refractivity contribution < 1.29 is 14.4 Å². The predicted molar refractivity (Wildman–Crippen MR) is 131 cm³/mol. The number of hydrogen-bond acceptors (Lipinski definition) is 7. The van der Waals surface area contributed by atoms with E-state index < -0.39 is 17.9 Å². The van der Waals surface area contributed by atoms with Gasteiger partial charge in [-0.15, -0.1) is 11.3 Å². The Labute approximate surface area is 202 Å². The molecule has 3 heterocycles. The molecule has 1 aromatic heterocycles. The van der Waals surface area contributed by atoms with E-state index in [1.54, 1.807) is 23.1 Å². The molecule has 2 aliphatic heterocycles. The number of nitrogens with two attached hydrogens (primary N) is 1. The maximum absolute atomic E-state index is 12.8. The quantitative estimate of drug-likeness (QED) is 0.661. The molecule has 2 fully saturated rings. The van der Waals surface area contributed by atoms with Crippen LogP contribution in [-0.2, 0) is 9.59 Å². The first-order chi connectivity index (χ1) is 15.8. The molecule has 0 bridgehead atoms. The maximum atomic E-state index is 12.8. The van der Waals surface area contributed by atoms with Gasteiger partial charge in [-0.3, -0.25) is 24.6 Å². The van der Waals surface area contributed by atoms with Crippen molar-refractivity contribution in [2.24, 2.45) is 5.73 Å². The van der Waals surface area contributed by atoms with Gasteiger partial charge in [0.15, 0.2) is 0 Å². The molecule has 0 saturated carbocycles. The van der Waals surface area contributed by atoms with Gasteiger partial charge >= 0.3 is 0 Å². The average Bonchev–Trinajstić information content (AvgIpc) is 3.22. The van der Waals surface area contributed by atoms with Crippen LogP contribution in [-0.4, -0.2) is 90.8 Å². The van der Waals surface area contributed by atoms with Gasteiger partial charge in [0, 0.05) is 41.9 Å². The van der Waals surface area contributed by atoms with Gasteiger partial charge in [0.1, 0.15) is 0 Å². The fourth-order valence-electron chi connectivity index (χ4n) is 4.55. The molecular weight excluding hydrogens is 462 g/mol. The van der Waals surface area contributed by atoms with Crippen LogP contribution in [0.3, 0.4) is 0 Å². The third-order valence-corrected chi connectivity index (χ3v) is 7.84. The number of piperidine rings is 1. The summed E-state index contributed by atoms with van der Waals surface area (Å²) in [6.07, 6.45) is 2.09. The number of fused-ring (bicyclic) bond motifs is 1. The van der Waals surface area contributed by atoms with Crippen molar-refractivity contribution in [2.45, 2.75) is 31.3 Å². The van der Waals surface area contributed by atoms with E-state index in [-0.39, 0.29) is 12.3 Å². The molecule has 2 saturated heterocycles. The van der Waals surface area contributed by atoms with Crippen LogP contribution in [0.5, 0.6) is 0 Å². The lowest BCUT2D eigenvalue weighted by Crippen LogP contribution is -2.57. The van der Waals surface area contributed by atoms with Crippen LogP contribution >= 0.6 is 22.9 Å². The third-order valence-electron chi connectivity index (χ3n) is 6.51. The van der Waals surface area contributed by atoms with Crippen molar-refractivity contribution >= 4 is 50.7 Å². The van der Waals surface area contributed by atoms with Crippen LogP contribution in [0.15, 0.2) is 24.3 Å². The lowest BCUT2D eigenvalue weighted by molar-refractivity contribution is -0.137. The maximum Gasteiger partial charge on any atom is 0.267 e. The predicted octanol–water partition coefficient (Wildman–Crippen LogP) is 1.77. The molecule has 2 aromatic rings. The average molecular weight is 492 g/mol. The molecule has 1 aromatic carbocycles. The summed E-state index contributed by atoms with van der Waals surface area (Å²) in [5, 5.41) is 3.82. The molecule has 0 unspecified atom stereocenters. The number of nitrogens with one attached hydrogen (secondary N) is 1. The minimum absolute atomic E-state index is 0.226. The molecule has 8 nitrogen and oxygen atoms in total. The second-order valence-corrected chi connectivity index (χ2v) is 10.4. The Balaban J connectivity index is 1.24. The summed E-state index contributed by atoms with van der Waals surface area (Å²) in [6, 6.07) is 6.69. The first kappa shape index (κ1) is 24.1. The van der Waals surface area contributed by atoms with Crippen LogP contribution in [0.25, 0.3) is 10.1 Å². The highest BCUT2D eigenvalue weighted by atomic mass is 35.5. The number of carbonyl (C=O) groups excluding carboxylic acids is 3. The number of rotatable bonds is 5. The molecule has 178 valence electrons. The van der Waals surface area contributed by atoms with Crippen LogP contribution in [0.2, 0.25) is 5.02 Å². The van der Waals surface area contributed by atoms with E-state index in [4.69, 9.17) is 17.3 Å². The number of thiophene rings is 1. The van der Waals surface area contributed by atoms with Gasteiger partial charge in [-0.05, 0) is 56.6 Å². The summed E-state index contributed by atoms with van der Waals surface area (Å²) in [7, 11) is 2.15. The van der Waals surface area contributed by atoms with E-state index in [0.717, 1.165) is 49.1 Å². The molecular formula is C23H30ClN5O3S. The number of nitrogens with zero attached hydrogens (tertiary/aromatic N) is 3. The van der Waals surface area contributed by atoms with Gasteiger partial charge in [0.2, 0.25) is 11.8 Å². The zero-order valence-corrected chi connectivity index (χ0v) is 20.3. The summed E-state index contributed by atoms with van der Waals surface area (Å²) in [6.45, 7) is 5.10. The van der Waals surface area contributed by atoms with Crippen LogP contribution in [0.1, 0.15) is 28.9 Å². The highest BCUT2D eigenvalue weighted by Crippen LogP contribution is 2.28. The Morgan fingerprint density at radius 3 is 2.52 bits per heavy atom. The van der Waals surface area contributed by atoms with Gasteiger partial charge in [-0.1, -0.05) is 17.7 Å². The van der Waals surface area contributed by atoms with Crippen molar-refractivity contribution in [1.82, 2.24) is 20.0 Å². The highest BCUT2D eigenvalue weighted by molar-refractivity contribution is 7.20. The minimum atomic E-state index is -0.964. The fourth-order valence-corrected chi connectivity index (χ4v) is 5.78. The summed E-state index contributed by atoms with van der Waals surface area (Å²) in [5.41, 5.74) is 6.04. The van der Waals surface area contributed by atoms with Crippen molar-refractivity contribution in [1.29, 1.82) is 0 Å². The number of imide groups is 1. The molecule has 4 rings (SSSR count). The SMILES string of the molecule is CN1CCC(N2CCN(C(=O)[C@H](N)CC(=O)NC(=O)c3cc4ccc(Cl)cc4s3)CC2)CC1. The topological polar surface area (TPSA) is 99.0 Å². The van der Waals surface area contributed by atoms with Crippen LogP contribution < -0.4 is 11.1 Å². The number of hydrogen-bond donors (Lipinski definition) is 2. The molecule has 3 N–H and O–H groups in total. The summed E-state index contributed by atoms with van der Waals surface area (Å²) >= 11 is 7.25. The van der Waals surface area contributed by atoms with Gasteiger partial charge < -0.3 is 15.5 Å². The summed E-state index contributed by atoms with van der Waals surface area (Å²) < 4.78 is 0.867. The molecule has 10 heteroatoms. The van der Waals surface area contributed by atoms with E-state index in [1.807, 2.05) is 6.07 Å². The zero-order valence-electron chi connectivity index (χ0n) is 18.8. The number of likely N-dealkylation sites (tertiary alicyclic amines) is 1. The third kappa shape index (κ3) is 5.91. The largest absolute Gasteiger partial charge is 0.339 e. The standard InChI is InChI=1S/C23H30ClN5O3S/c1-27-6-4-17(5-7-27)28-8-10-29(11-9-28)23(32)18(25)14-21(30)26-22(31)20-12-15-2-3-16(24)13-19(15)33-20/h2-3,12-13,17-18H,4-11,14,25H2,1H3,(H,26,30,31)/t18-/m1/s1. The second-order valence-electron chi connectivity index (χ2n) is 8.88. The lowest BCUT2D eigenvalue weighted by atomic mass is 10.0. The van der Waals surface area contributed by atoms with E-state index in [9.17, 15) is 14.4 Å². The number of carbonyl (C=O) groups is 3. The smallest absolute Gasteiger partial charge is 0.267 e. The number of halogens is 1. The first-order valence-electron chi connectivity index (χ1n) is 11.3. The highest BCUT2D eigenvalue weighted by Gasteiger charge is 2.30. The molecule has 33 heavy (non-hydrogen) atoms. The Hall–Kier alpha value is -2.04. The van der Waals surface area contributed by atoms with Crippen LogP contribution in [0, 0.1) is 0 Å². The first-order valence-corrected chi connectivity index (χ1v) is 12.5. The zero-order chi connectivity index (χ0) is 23.5. The van der Waals surface area contributed by atoms with Gasteiger partial charge in [0.25, 0.3) is 5.91 Å². The molecule has 0 radical (unpaired) electrons. The number of benzene rings is 1. The molecule has 3 amide bonds. The molecule has 1 atom stereocenters. The fraction of sp³-hybridized carbons (Fsp3) is 0.522. The van der Waals surface area contributed by atoms with Crippen LogP contribution in [0.4, 0.5) is 0 Å². The summed E-state index contributed by atoms with van der Waals surface area (Å²) in [5.74, 6) is -1.29. The second kappa shape index (κ2) is 10.5. The molecule has 0 spiro atoms. The van der Waals surface area contributed by atoms with Crippen molar-refractivity contribution in [3.63, 3.8) is 0 Å². The van der Waals surface area contributed by atoms with E-state index >= 15 is 0 Å². The molecule has 2 aliphatic rings. The van der Waals surface area contributed by atoms with Gasteiger partial charge in [-0.2, -0.15) is 0 Å². The van der Waals surface area contributed by atoms with Crippen molar-refractivity contribution in [2.75, 3.05) is 46.3 Å². The Morgan fingerprint density at radius 2 is 1.82 bits per heavy atom. The van der Waals surface area contributed by atoms with Crippen molar-refractivity contribution in [3.05, 3.63) is 34.2 Å². The monoisotopic (exact) mass is 491 g/mol. The number of piperazine rings is 1. The normalized spacial score (nSPS) is 19.5. The van der Waals surface area contributed by atoms with E-state index in [0.29, 0.717) is 29.0 Å². The lowest BCUT2D eigenvalue weighted by Gasteiger charge is -2.42. The molecule has 0 aliphatic carbocycles. The van der Waals surface area contributed by atoms with Gasteiger partial charge in [0.05, 0.1) is 17.3 Å². The van der Waals surface area contributed by atoms with E-state index in [2.05, 4.69) is 22.2 Å². The Bertz CT molecular complexity index is 1030. The number of amides is 3. The van der Waals surface area contributed by atoms with Crippen molar-refractivity contribution in [3.8, 4) is 0 Å². The Kier molecular flexibility index (Phi) is 7.65. The Morgan fingerprint density at radius 1 is 1.12 bits per heavy atom. The summed E-state index contributed by atoms with van der Waals surface area (Å²) in [4.78, 5) is 44.6. The van der Waals surface area contributed by atoms with E-state index in [1.165, 1.54) is 11.3 Å². The minimum Gasteiger partial charge on any atom is -0.339 e. The van der Waals surface area contributed by atoms with Gasteiger partial charge in [-0.25, -0.2) is 0 Å².